The second-order valence-electron chi connectivity index (χ2n) is 7.98. The Bertz CT molecular complexity index is 1010. The van der Waals surface area contributed by atoms with Gasteiger partial charge in [-0.05, 0) is 25.3 Å². The zero-order chi connectivity index (χ0) is 21.0. The number of nitrogens with zero attached hydrogens (tertiary/aromatic N) is 3. The standard InChI is InChI=1S/C22H30N4O3/c1-5-28-12-15(27)11-22(3,4)14-26-18(13-29-6-2)25-19-20(26)16-9-7-8-10-17(16)24-21(19)23/h7-10H,5-6,11-14H2,1-4H3,(H2,23,24). The highest BCUT2D eigenvalue weighted by molar-refractivity contribution is 6.06. The summed E-state index contributed by atoms with van der Waals surface area (Å²) in [6.07, 6.45) is 0.416. The average molecular weight is 399 g/mol. The van der Waals surface area contributed by atoms with E-state index >= 15 is 0 Å². The molecule has 0 spiro atoms. The van der Waals surface area contributed by atoms with Gasteiger partial charge in [-0.15, -0.1) is 0 Å². The Balaban J connectivity index is 2.07. The van der Waals surface area contributed by atoms with E-state index in [0.29, 0.717) is 44.1 Å². The van der Waals surface area contributed by atoms with E-state index in [1.54, 1.807) is 0 Å². The number of pyridine rings is 1. The summed E-state index contributed by atoms with van der Waals surface area (Å²) < 4.78 is 13.1. The average Bonchev–Trinajstić information content (AvgIpc) is 3.03. The van der Waals surface area contributed by atoms with Gasteiger partial charge in [0.2, 0.25) is 0 Å². The Morgan fingerprint density at radius 3 is 2.59 bits per heavy atom. The molecule has 0 saturated carbocycles. The van der Waals surface area contributed by atoms with Crippen molar-refractivity contribution in [2.24, 2.45) is 5.41 Å². The lowest BCUT2D eigenvalue weighted by Crippen LogP contribution is -2.26. The monoisotopic (exact) mass is 398 g/mol. The number of ketones is 1. The molecule has 29 heavy (non-hydrogen) atoms. The first kappa shape index (κ1) is 21.2. The zero-order valence-corrected chi connectivity index (χ0v) is 17.7. The number of benzene rings is 1. The summed E-state index contributed by atoms with van der Waals surface area (Å²) >= 11 is 0. The van der Waals surface area contributed by atoms with E-state index in [-0.39, 0.29) is 17.8 Å². The molecule has 2 N–H and O–H groups in total. The number of rotatable bonds is 10. The van der Waals surface area contributed by atoms with E-state index in [1.807, 2.05) is 38.1 Å². The second kappa shape index (κ2) is 8.88. The minimum atomic E-state index is -0.290. The van der Waals surface area contributed by atoms with Crippen molar-refractivity contribution in [3.05, 3.63) is 30.1 Å². The number of ether oxygens (including phenoxy) is 2. The SMILES string of the molecule is CCOCC(=O)CC(C)(C)Cn1c(COCC)nc2c(N)nc3ccccc3c21. The number of anilines is 1. The Morgan fingerprint density at radius 1 is 1.14 bits per heavy atom. The molecule has 2 aromatic heterocycles. The first-order chi connectivity index (χ1) is 13.9. The lowest BCUT2D eigenvalue weighted by atomic mass is 9.87. The van der Waals surface area contributed by atoms with Crippen LogP contribution in [0.25, 0.3) is 21.9 Å². The maximum atomic E-state index is 12.3. The van der Waals surface area contributed by atoms with Gasteiger partial charge in [-0.1, -0.05) is 32.0 Å². The molecular formula is C22H30N4O3. The van der Waals surface area contributed by atoms with Gasteiger partial charge in [0, 0.05) is 31.6 Å². The first-order valence-electron chi connectivity index (χ1n) is 10.1. The predicted molar refractivity (Wildman–Crippen MR) is 115 cm³/mol. The minimum absolute atomic E-state index is 0.0960. The molecule has 0 amide bonds. The lowest BCUT2D eigenvalue weighted by Gasteiger charge is -2.26. The van der Waals surface area contributed by atoms with Gasteiger partial charge in [-0.3, -0.25) is 4.79 Å². The molecule has 3 aromatic rings. The van der Waals surface area contributed by atoms with Gasteiger partial charge in [0.05, 0.1) is 11.0 Å². The van der Waals surface area contributed by atoms with Crippen molar-refractivity contribution in [1.29, 1.82) is 0 Å². The van der Waals surface area contributed by atoms with Crippen LogP contribution < -0.4 is 5.73 Å². The van der Waals surface area contributed by atoms with Crippen LogP contribution in [0.15, 0.2) is 24.3 Å². The molecule has 2 heterocycles. The van der Waals surface area contributed by atoms with Crippen LogP contribution in [0.3, 0.4) is 0 Å². The summed E-state index contributed by atoms with van der Waals surface area (Å²) in [5, 5.41) is 0.989. The topological polar surface area (TPSA) is 92.3 Å². The summed E-state index contributed by atoms with van der Waals surface area (Å²) in [4.78, 5) is 21.6. The van der Waals surface area contributed by atoms with Gasteiger partial charge in [-0.25, -0.2) is 9.97 Å². The number of Topliss-reactive ketones (excluding diaryl/α,β-unsaturated/α-hetero) is 1. The number of carbonyl (C=O) groups is 1. The molecule has 7 heteroatoms. The van der Waals surface area contributed by atoms with E-state index in [2.05, 4.69) is 23.4 Å². The van der Waals surface area contributed by atoms with Gasteiger partial charge in [-0.2, -0.15) is 0 Å². The number of hydrogen-bond acceptors (Lipinski definition) is 6. The molecule has 0 fully saturated rings. The fraction of sp³-hybridized carbons (Fsp3) is 0.500. The summed E-state index contributed by atoms with van der Waals surface area (Å²) in [5.74, 6) is 1.29. The lowest BCUT2D eigenvalue weighted by molar-refractivity contribution is -0.125. The molecular weight excluding hydrogens is 368 g/mol. The van der Waals surface area contributed by atoms with Crippen molar-refractivity contribution in [2.45, 2.75) is 47.3 Å². The largest absolute Gasteiger partial charge is 0.382 e. The van der Waals surface area contributed by atoms with E-state index in [9.17, 15) is 4.79 Å². The second-order valence-corrected chi connectivity index (χ2v) is 7.98. The third kappa shape index (κ3) is 4.74. The number of carbonyl (C=O) groups excluding carboxylic acids is 1. The van der Waals surface area contributed by atoms with Crippen molar-refractivity contribution in [1.82, 2.24) is 14.5 Å². The van der Waals surface area contributed by atoms with E-state index < -0.39 is 0 Å². The van der Waals surface area contributed by atoms with E-state index in [1.165, 1.54) is 0 Å². The van der Waals surface area contributed by atoms with Crippen molar-refractivity contribution in [3.63, 3.8) is 0 Å². The molecule has 0 aliphatic rings. The summed E-state index contributed by atoms with van der Waals surface area (Å²) in [6.45, 7) is 10.3. The minimum Gasteiger partial charge on any atom is -0.382 e. The molecule has 156 valence electrons. The molecule has 1 aromatic carbocycles. The van der Waals surface area contributed by atoms with Crippen LogP contribution in [-0.4, -0.2) is 40.1 Å². The van der Waals surface area contributed by atoms with Crippen molar-refractivity contribution < 1.29 is 14.3 Å². The molecule has 0 radical (unpaired) electrons. The highest BCUT2D eigenvalue weighted by atomic mass is 16.5. The Morgan fingerprint density at radius 2 is 1.86 bits per heavy atom. The number of para-hydroxylation sites is 1. The number of imidazole rings is 1. The number of aromatic nitrogens is 3. The smallest absolute Gasteiger partial charge is 0.159 e. The van der Waals surface area contributed by atoms with Gasteiger partial charge in [0.1, 0.15) is 24.6 Å². The van der Waals surface area contributed by atoms with Crippen LogP contribution in [0.4, 0.5) is 5.82 Å². The van der Waals surface area contributed by atoms with Crippen LogP contribution in [-0.2, 0) is 27.4 Å². The summed E-state index contributed by atoms with van der Waals surface area (Å²) in [5.41, 5.74) is 8.38. The number of nitrogens with two attached hydrogens (primary N) is 1. The van der Waals surface area contributed by atoms with Crippen LogP contribution in [0.5, 0.6) is 0 Å². The summed E-state index contributed by atoms with van der Waals surface area (Å²) in [6, 6.07) is 7.90. The first-order valence-corrected chi connectivity index (χ1v) is 10.1. The highest BCUT2D eigenvalue weighted by Gasteiger charge is 2.26. The van der Waals surface area contributed by atoms with Gasteiger partial charge in [0.15, 0.2) is 11.6 Å². The molecule has 0 saturated heterocycles. The fourth-order valence-corrected chi connectivity index (χ4v) is 3.66. The number of nitrogen functional groups attached to an aromatic ring is 1. The van der Waals surface area contributed by atoms with Crippen molar-refractivity contribution >= 4 is 33.5 Å². The molecule has 3 rings (SSSR count). The van der Waals surface area contributed by atoms with Gasteiger partial charge >= 0.3 is 0 Å². The molecule has 0 bridgehead atoms. The quantitative estimate of drug-likeness (QED) is 0.559. The van der Waals surface area contributed by atoms with E-state index in [4.69, 9.17) is 20.2 Å². The number of hydrogen-bond donors (Lipinski definition) is 1. The highest BCUT2D eigenvalue weighted by Crippen LogP contribution is 2.32. The Labute approximate surface area is 171 Å². The predicted octanol–water partition coefficient (Wildman–Crippen LogP) is 3.73. The van der Waals surface area contributed by atoms with Crippen LogP contribution in [0.1, 0.15) is 39.9 Å². The normalized spacial score (nSPS) is 12.1. The third-order valence-electron chi connectivity index (χ3n) is 4.85. The summed E-state index contributed by atoms with van der Waals surface area (Å²) in [7, 11) is 0. The molecule has 7 nitrogen and oxygen atoms in total. The Hall–Kier alpha value is -2.51. The maximum Gasteiger partial charge on any atom is 0.159 e. The van der Waals surface area contributed by atoms with Crippen LogP contribution >= 0.6 is 0 Å². The molecule has 0 aliphatic carbocycles. The zero-order valence-electron chi connectivity index (χ0n) is 17.7. The van der Waals surface area contributed by atoms with Gasteiger partial charge in [0.25, 0.3) is 0 Å². The van der Waals surface area contributed by atoms with Gasteiger partial charge < -0.3 is 19.8 Å². The van der Waals surface area contributed by atoms with Crippen molar-refractivity contribution in [2.75, 3.05) is 25.6 Å². The Kier molecular flexibility index (Phi) is 6.49. The molecule has 0 atom stereocenters. The van der Waals surface area contributed by atoms with E-state index in [0.717, 1.165) is 22.2 Å². The van der Waals surface area contributed by atoms with Crippen LogP contribution in [0.2, 0.25) is 0 Å². The number of fused-ring (bicyclic) bond motifs is 3. The third-order valence-corrected chi connectivity index (χ3v) is 4.85. The van der Waals surface area contributed by atoms with Crippen LogP contribution in [0, 0.1) is 5.41 Å². The van der Waals surface area contributed by atoms with Crippen molar-refractivity contribution in [3.8, 4) is 0 Å². The maximum absolute atomic E-state index is 12.3. The fourth-order valence-electron chi connectivity index (χ4n) is 3.66. The molecule has 0 unspecified atom stereocenters. The molecule has 0 aliphatic heterocycles.